The van der Waals surface area contributed by atoms with Crippen molar-refractivity contribution < 1.29 is 14.0 Å². The highest BCUT2D eigenvalue weighted by atomic mass is 35.5. The zero-order valence-electron chi connectivity index (χ0n) is 19.7. The summed E-state index contributed by atoms with van der Waals surface area (Å²) in [5.74, 6) is -1.18. The largest absolute Gasteiger partial charge is 0.350 e. The van der Waals surface area contributed by atoms with Gasteiger partial charge in [-0.2, -0.15) is 0 Å². The van der Waals surface area contributed by atoms with E-state index in [0.717, 1.165) is 11.1 Å². The monoisotopic (exact) mass is 480 g/mol. The Morgan fingerprint density at radius 1 is 0.912 bits per heavy atom. The van der Waals surface area contributed by atoms with Gasteiger partial charge in [0, 0.05) is 29.1 Å². The van der Waals surface area contributed by atoms with Crippen molar-refractivity contribution in [2.24, 2.45) is 0 Å². The number of nitrogens with zero attached hydrogens (tertiary/aromatic N) is 1. The molecular formula is C28H30ClFN2O2. The summed E-state index contributed by atoms with van der Waals surface area (Å²) in [7, 11) is 0. The molecule has 178 valence electrons. The SMILES string of the molecule is CC(C)(C)NC(=O)[C@@H](Cc1ccccc1)N(Cc1ccccc1)C(=O)Cc1c(F)cccc1Cl. The molecule has 0 saturated carbocycles. The van der Waals surface area contributed by atoms with Gasteiger partial charge in [-0.15, -0.1) is 0 Å². The molecule has 3 aromatic rings. The third kappa shape index (κ3) is 7.16. The molecule has 3 aromatic carbocycles. The molecular weight excluding hydrogens is 451 g/mol. The molecule has 0 radical (unpaired) electrons. The Labute approximate surface area is 205 Å². The average molecular weight is 481 g/mol. The third-order valence-corrected chi connectivity index (χ3v) is 5.71. The number of amides is 2. The van der Waals surface area contributed by atoms with Gasteiger partial charge >= 0.3 is 0 Å². The van der Waals surface area contributed by atoms with Crippen LogP contribution in [0, 0.1) is 5.82 Å². The van der Waals surface area contributed by atoms with Gasteiger partial charge in [0.15, 0.2) is 0 Å². The quantitative estimate of drug-likeness (QED) is 0.457. The zero-order chi connectivity index (χ0) is 24.7. The van der Waals surface area contributed by atoms with Crippen molar-refractivity contribution in [3.63, 3.8) is 0 Å². The molecule has 34 heavy (non-hydrogen) atoms. The van der Waals surface area contributed by atoms with Gasteiger partial charge in [-0.25, -0.2) is 4.39 Å². The summed E-state index contributed by atoms with van der Waals surface area (Å²) in [5.41, 5.74) is 1.44. The maximum atomic E-state index is 14.5. The van der Waals surface area contributed by atoms with Gasteiger partial charge in [0.05, 0.1) is 6.42 Å². The van der Waals surface area contributed by atoms with Crippen LogP contribution in [0.3, 0.4) is 0 Å². The second-order valence-corrected chi connectivity index (χ2v) is 9.74. The number of carbonyl (C=O) groups is 2. The van der Waals surface area contributed by atoms with Gasteiger partial charge in [-0.05, 0) is 44.0 Å². The highest BCUT2D eigenvalue weighted by Crippen LogP contribution is 2.22. The van der Waals surface area contributed by atoms with E-state index < -0.39 is 17.4 Å². The van der Waals surface area contributed by atoms with Crippen molar-refractivity contribution in [3.05, 3.63) is 106 Å². The van der Waals surface area contributed by atoms with E-state index in [-0.39, 0.29) is 35.4 Å². The summed E-state index contributed by atoms with van der Waals surface area (Å²) in [6.45, 7) is 5.90. The fourth-order valence-corrected chi connectivity index (χ4v) is 3.97. The second-order valence-electron chi connectivity index (χ2n) is 9.33. The van der Waals surface area contributed by atoms with Crippen molar-refractivity contribution in [2.75, 3.05) is 0 Å². The molecule has 0 saturated heterocycles. The van der Waals surface area contributed by atoms with Crippen LogP contribution >= 0.6 is 11.6 Å². The Morgan fingerprint density at radius 3 is 2.06 bits per heavy atom. The Bertz CT molecular complexity index is 1090. The van der Waals surface area contributed by atoms with E-state index in [9.17, 15) is 14.0 Å². The van der Waals surface area contributed by atoms with Crippen LogP contribution in [0.15, 0.2) is 78.9 Å². The lowest BCUT2D eigenvalue weighted by molar-refractivity contribution is -0.141. The first-order chi connectivity index (χ1) is 16.1. The average Bonchev–Trinajstić information content (AvgIpc) is 2.79. The molecule has 0 heterocycles. The molecule has 0 aromatic heterocycles. The fraction of sp³-hybridized carbons (Fsp3) is 0.286. The van der Waals surface area contributed by atoms with Crippen molar-refractivity contribution in [1.82, 2.24) is 10.2 Å². The molecule has 0 fully saturated rings. The predicted octanol–water partition coefficient (Wildman–Crippen LogP) is 5.58. The van der Waals surface area contributed by atoms with Crippen LogP contribution < -0.4 is 5.32 Å². The predicted molar refractivity (Wildman–Crippen MR) is 134 cm³/mol. The van der Waals surface area contributed by atoms with Gasteiger partial charge in [-0.1, -0.05) is 78.3 Å². The minimum absolute atomic E-state index is 0.127. The first-order valence-corrected chi connectivity index (χ1v) is 11.6. The molecule has 4 nitrogen and oxygen atoms in total. The summed E-state index contributed by atoms with van der Waals surface area (Å²) in [6, 6.07) is 22.6. The number of hydrogen-bond donors (Lipinski definition) is 1. The molecule has 0 aliphatic carbocycles. The summed E-state index contributed by atoms with van der Waals surface area (Å²) in [4.78, 5) is 28.7. The molecule has 1 N–H and O–H groups in total. The standard InChI is InChI=1S/C28H30ClFN2O2/c1-28(2,3)31-27(34)25(17-20-11-6-4-7-12-20)32(19-21-13-8-5-9-14-21)26(33)18-22-23(29)15-10-16-24(22)30/h4-16,25H,17-19H2,1-3H3,(H,31,34)/t25-/m1/s1. The first kappa shape index (κ1) is 25.4. The van der Waals surface area contributed by atoms with Crippen molar-refractivity contribution in [2.45, 2.75) is 51.7 Å². The number of carbonyl (C=O) groups excluding carboxylic acids is 2. The minimum atomic E-state index is -0.792. The van der Waals surface area contributed by atoms with Crippen LogP contribution in [0.2, 0.25) is 5.02 Å². The van der Waals surface area contributed by atoms with E-state index in [2.05, 4.69) is 5.32 Å². The van der Waals surface area contributed by atoms with Gasteiger partial charge in [-0.3, -0.25) is 9.59 Å². The van der Waals surface area contributed by atoms with Crippen LogP contribution in [0.1, 0.15) is 37.5 Å². The number of nitrogens with one attached hydrogen (secondary N) is 1. The summed E-state index contributed by atoms with van der Waals surface area (Å²) in [5, 5.41) is 3.20. The molecule has 0 unspecified atom stereocenters. The normalized spacial score (nSPS) is 12.1. The Kier molecular flexibility index (Phi) is 8.46. The molecule has 6 heteroatoms. The summed E-state index contributed by atoms with van der Waals surface area (Å²) in [6.07, 6.45) is 0.0821. The Balaban J connectivity index is 2.01. The van der Waals surface area contributed by atoms with E-state index in [1.54, 1.807) is 6.07 Å². The molecule has 0 aliphatic heterocycles. The highest BCUT2D eigenvalue weighted by Gasteiger charge is 2.32. The number of rotatable bonds is 8. The van der Waals surface area contributed by atoms with Crippen molar-refractivity contribution in [3.8, 4) is 0 Å². The zero-order valence-corrected chi connectivity index (χ0v) is 20.5. The molecule has 1 atom stereocenters. The topological polar surface area (TPSA) is 49.4 Å². The third-order valence-electron chi connectivity index (χ3n) is 5.35. The van der Waals surface area contributed by atoms with Crippen LogP contribution in [-0.2, 0) is 29.0 Å². The second kappa shape index (κ2) is 11.3. The van der Waals surface area contributed by atoms with Gasteiger partial charge in [0.25, 0.3) is 0 Å². The van der Waals surface area contributed by atoms with Gasteiger partial charge in [0.2, 0.25) is 11.8 Å². The van der Waals surface area contributed by atoms with Crippen molar-refractivity contribution >= 4 is 23.4 Å². The fourth-order valence-electron chi connectivity index (χ4n) is 3.74. The number of hydrogen-bond acceptors (Lipinski definition) is 2. The van der Waals surface area contributed by atoms with E-state index in [0.29, 0.717) is 6.42 Å². The van der Waals surface area contributed by atoms with Crippen LogP contribution in [0.4, 0.5) is 4.39 Å². The summed E-state index contributed by atoms with van der Waals surface area (Å²) >= 11 is 6.21. The van der Waals surface area contributed by atoms with Crippen LogP contribution in [0.5, 0.6) is 0 Å². The van der Waals surface area contributed by atoms with E-state index in [1.165, 1.54) is 17.0 Å². The van der Waals surface area contributed by atoms with E-state index in [1.807, 2.05) is 81.4 Å². The van der Waals surface area contributed by atoms with Gasteiger partial charge in [0.1, 0.15) is 11.9 Å². The maximum Gasteiger partial charge on any atom is 0.243 e. The van der Waals surface area contributed by atoms with Crippen LogP contribution in [-0.4, -0.2) is 28.3 Å². The Morgan fingerprint density at radius 2 is 1.50 bits per heavy atom. The Hall–Kier alpha value is -3.18. The first-order valence-electron chi connectivity index (χ1n) is 11.3. The molecule has 0 bridgehead atoms. The lowest BCUT2D eigenvalue weighted by Crippen LogP contribution is -2.54. The lowest BCUT2D eigenvalue weighted by atomic mass is 9.99. The summed E-state index contributed by atoms with van der Waals surface area (Å²) < 4.78 is 14.5. The smallest absolute Gasteiger partial charge is 0.243 e. The lowest BCUT2D eigenvalue weighted by Gasteiger charge is -2.34. The van der Waals surface area contributed by atoms with Crippen LogP contribution in [0.25, 0.3) is 0 Å². The maximum absolute atomic E-state index is 14.5. The molecule has 0 aliphatic rings. The number of benzene rings is 3. The van der Waals surface area contributed by atoms with E-state index >= 15 is 0 Å². The van der Waals surface area contributed by atoms with Gasteiger partial charge < -0.3 is 10.2 Å². The highest BCUT2D eigenvalue weighted by molar-refractivity contribution is 6.31. The number of halogens is 2. The molecule has 3 rings (SSSR count). The van der Waals surface area contributed by atoms with Crippen molar-refractivity contribution in [1.29, 1.82) is 0 Å². The molecule has 2 amide bonds. The minimum Gasteiger partial charge on any atom is -0.350 e. The van der Waals surface area contributed by atoms with E-state index in [4.69, 9.17) is 11.6 Å². The molecule has 0 spiro atoms.